The quantitative estimate of drug-likeness (QED) is 0.184. The van der Waals surface area contributed by atoms with E-state index in [1.165, 1.54) is 0 Å². The number of hydrogen-bond acceptors (Lipinski definition) is 4. The van der Waals surface area contributed by atoms with E-state index in [4.69, 9.17) is 4.74 Å². The first kappa shape index (κ1) is 28.4. The van der Waals surface area contributed by atoms with Gasteiger partial charge in [0.25, 0.3) is 0 Å². The van der Waals surface area contributed by atoms with E-state index < -0.39 is 29.0 Å². The topological polar surface area (TPSA) is 78.0 Å². The molecule has 1 aliphatic heterocycles. The molecule has 0 bridgehead atoms. The Morgan fingerprint density at radius 1 is 1.16 bits per heavy atom. The van der Waals surface area contributed by atoms with Gasteiger partial charge in [-0.2, -0.15) is 0 Å². The van der Waals surface area contributed by atoms with E-state index in [-0.39, 0.29) is 36.6 Å². The van der Waals surface area contributed by atoms with Crippen molar-refractivity contribution in [1.82, 2.24) is 15.5 Å². The number of ether oxygens (including phenoxy) is 1. The smallest absolute Gasteiger partial charge is 0.246 e. The van der Waals surface area contributed by atoms with Gasteiger partial charge < -0.3 is 20.7 Å². The zero-order chi connectivity index (χ0) is 22.8. The first-order valence-electron chi connectivity index (χ1n) is 10.6. The van der Waals surface area contributed by atoms with E-state index in [0.29, 0.717) is 38.2 Å². The molecule has 1 amide bonds. The van der Waals surface area contributed by atoms with Gasteiger partial charge in [0.05, 0.1) is 18.9 Å². The fourth-order valence-corrected chi connectivity index (χ4v) is 3.37. The van der Waals surface area contributed by atoms with Crippen LogP contribution in [0, 0.1) is 23.4 Å². The predicted molar refractivity (Wildman–Crippen MR) is 130 cm³/mol. The van der Waals surface area contributed by atoms with Gasteiger partial charge in [0.2, 0.25) is 5.91 Å². The number of hydrogen-bond donors (Lipinski definition) is 3. The lowest BCUT2D eigenvalue weighted by atomic mass is 10.0. The number of nitrogens with zero attached hydrogens (tertiary/aromatic N) is 2. The molecule has 3 N–H and O–H groups in total. The number of carbonyl (C=O) groups excluding carboxylic acids is 1. The van der Waals surface area contributed by atoms with Gasteiger partial charge in [-0.15, -0.1) is 24.0 Å². The molecule has 32 heavy (non-hydrogen) atoms. The Hall–Kier alpha value is -1.60. The number of halogens is 4. The highest BCUT2D eigenvalue weighted by Crippen LogP contribution is 2.19. The molecule has 0 radical (unpaired) electrons. The second kappa shape index (κ2) is 14.5. The maximum absolute atomic E-state index is 13.7. The molecule has 1 unspecified atom stereocenters. The van der Waals surface area contributed by atoms with E-state index in [9.17, 15) is 18.0 Å². The number of rotatable bonds is 9. The summed E-state index contributed by atoms with van der Waals surface area (Å²) in [5, 5.41) is 8.55. The lowest BCUT2D eigenvalue weighted by Crippen LogP contribution is -2.51. The van der Waals surface area contributed by atoms with Gasteiger partial charge in [0.15, 0.2) is 23.4 Å². The maximum Gasteiger partial charge on any atom is 0.246 e. The third-order valence-corrected chi connectivity index (χ3v) is 4.84. The molecule has 2 rings (SSSR count). The van der Waals surface area contributed by atoms with Crippen molar-refractivity contribution >= 4 is 41.5 Å². The zero-order valence-electron chi connectivity index (χ0n) is 18.7. The summed E-state index contributed by atoms with van der Waals surface area (Å²) in [7, 11) is 0. The molecule has 182 valence electrons. The van der Waals surface area contributed by atoms with Gasteiger partial charge in [0.1, 0.15) is 6.54 Å². The number of nitrogens with one attached hydrogen (secondary N) is 3. The van der Waals surface area contributed by atoms with E-state index >= 15 is 0 Å². The number of amides is 1. The van der Waals surface area contributed by atoms with Crippen molar-refractivity contribution in [3.05, 3.63) is 29.6 Å². The van der Waals surface area contributed by atoms with Crippen LogP contribution in [0.4, 0.5) is 18.9 Å². The summed E-state index contributed by atoms with van der Waals surface area (Å²) in [6.45, 7) is 10.3. The van der Waals surface area contributed by atoms with Gasteiger partial charge in [-0.3, -0.25) is 9.69 Å². The van der Waals surface area contributed by atoms with Crippen LogP contribution in [0.3, 0.4) is 0 Å². The van der Waals surface area contributed by atoms with Crippen LogP contribution in [0.1, 0.15) is 27.2 Å². The molecule has 1 aliphatic rings. The number of morpholine rings is 1. The Labute approximate surface area is 204 Å². The largest absolute Gasteiger partial charge is 0.379 e. The highest BCUT2D eigenvalue weighted by molar-refractivity contribution is 14.0. The summed E-state index contributed by atoms with van der Waals surface area (Å²) in [4.78, 5) is 18.7. The minimum absolute atomic E-state index is 0. The molecule has 7 nitrogen and oxygen atoms in total. The van der Waals surface area contributed by atoms with Crippen LogP contribution in [0.2, 0.25) is 0 Å². The number of carbonyl (C=O) groups is 1. The summed E-state index contributed by atoms with van der Waals surface area (Å²) in [5.41, 5.74) is -0.429. The van der Waals surface area contributed by atoms with Crippen molar-refractivity contribution < 1.29 is 22.7 Å². The summed E-state index contributed by atoms with van der Waals surface area (Å²) in [5.74, 6) is -4.06. The summed E-state index contributed by atoms with van der Waals surface area (Å²) < 4.78 is 45.5. The van der Waals surface area contributed by atoms with Gasteiger partial charge in [0, 0.05) is 32.2 Å². The van der Waals surface area contributed by atoms with Crippen LogP contribution in [0.15, 0.2) is 17.1 Å². The van der Waals surface area contributed by atoms with Crippen molar-refractivity contribution in [2.24, 2.45) is 10.9 Å². The van der Waals surface area contributed by atoms with E-state index in [1.54, 1.807) is 0 Å². The Bertz CT molecular complexity index is 761. The minimum atomic E-state index is -1.63. The molecular formula is C21H33F3IN5O2. The molecule has 1 aromatic rings. The fourth-order valence-electron chi connectivity index (χ4n) is 3.37. The maximum atomic E-state index is 13.7. The zero-order valence-corrected chi connectivity index (χ0v) is 21.0. The minimum Gasteiger partial charge on any atom is -0.379 e. The second-order valence-corrected chi connectivity index (χ2v) is 7.78. The normalized spacial score (nSPS) is 15.8. The third kappa shape index (κ3) is 9.10. The standard InChI is InChI=1S/C21H32F3N5O2.HI/c1-4-25-21(26-12-15(11-14(2)3)29-7-9-31-10-8-29)27-13-18(30)28-17-6-5-16(22)19(23)20(17)24;/h5-6,14-15H,4,7-13H2,1-3H3,(H,28,30)(H2,25,26,27);1H. The number of aliphatic imine (C=N–C) groups is 1. The molecule has 0 saturated carbocycles. The molecule has 0 spiro atoms. The molecule has 1 atom stereocenters. The van der Waals surface area contributed by atoms with Gasteiger partial charge in [-0.05, 0) is 31.4 Å². The Balaban J connectivity index is 0.00000512. The summed E-state index contributed by atoms with van der Waals surface area (Å²) >= 11 is 0. The highest BCUT2D eigenvalue weighted by Gasteiger charge is 2.22. The molecule has 1 aromatic carbocycles. The molecule has 1 fully saturated rings. The summed E-state index contributed by atoms with van der Waals surface area (Å²) in [6, 6.07) is 2.01. The van der Waals surface area contributed by atoms with E-state index in [0.717, 1.165) is 31.6 Å². The van der Waals surface area contributed by atoms with Crippen LogP contribution in [0.25, 0.3) is 0 Å². The number of benzene rings is 1. The second-order valence-electron chi connectivity index (χ2n) is 7.78. The van der Waals surface area contributed by atoms with Crippen molar-refractivity contribution in [1.29, 1.82) is 0 Å². The average Bonchev–Trinajstić information content (AvgIpc) is 2.75. The van der Waals surface area contributed by atoms with Gasteiger partial charge in [-0.25, -0.2) is 18.2 Å². The van der Waals surface area contributed by atoms with Gasteiger partial charge in [-0.1, -0.05) is 13.8 Å². The number of anilines is 1. The van der Waals surface area contributed by atoms with Gasteiger partial charge >= 0.3 is 0 Å². The first-order valence-corrected chi connectivity index (χ1v) is 10.6. The lowest BCUT2D eigenvalue weighted by molar-refractivity contribution is -0.114. The molecule has 1 heterocycles. The van der Waals surface area contributed by atoms with Crippen LogP contribution in [-0.4, -0.2) is 68.7 Å². The van der Waals surface area contributed by atoms with E-state index in [2.05, 4.69) is 39.7 Å². The van der Waals surface area contributed by atoms with Crippen molar-refractivity contribution in [2.75, 3.05) is 51.3 Å². The lowest BCUT2D eigenvalue weighted by Gasteiger charge is -2.35. The highest BCUT2D eigenvalue weighted by atomic mass is 127. The van der Waals surface area contributed by atoms with Crippen LogP contribution in [0.5, 0.6) is 0 Å². The molecular weight excluding hydrogens is 538 g/mol. The Kier molecular flexibility index (Phi) is 12.9. The summed E-state index contributed by atoms with van der Waals surface area (Å²) in [6.07, 6.45) is 1.00. The van der Waals surface area contributed by atoms with E-state index in [1.807, 2.05) is 6.92 Å². The molecule has 0 aliphatic carbocycles. The number of guanidine groups is 1. The molecule has 11 heteroatoms. The van der Waals surface area contributed by atoms with Crippen LogP contribution in [-0.2, 0) is 9.53 Å². The molecule has 0 aromatic heterocycles. The van der Waals surface area contributed by atoms with Crippen molar-refractivity contribution in [2.45, 2.75) is 33.2 Å². The van der Waals surface area contributed by atoms with Crippen LogP contribution >= 0.6 is 24.0 Å². The Morgan fingerprint density at radius 3 is 2.47 bits per heavy atom. The predicted octanol–water partition coefficient (Wildman–Crippen LogP) is 2.96. The first-order chi connectivity index (χ1) is 14.8. The molecule has 1 saturated heterocycles. The Morgan fingerprint density at radius 2 is 1.84 bits per heavy atom. The SMILES string of the molecule is CCNC(=NCC(=O)Nc1ccc(F)c(F)c1F)NCC(CC(C)C)N1CCOCC1.I. The monoisotopic (exact) mass is 571 g/mol. The third-order valence-electron chi connectivity index (χ3n) is 4.84. The van der Waals surface area contributed by atoms with Crippen molar-refractivity contribution in [3.8, 4) is 0 Å². The van der Waals surface area contributed by atoms with Crippen molar-refractivity contribution in [3.63, 3.8) is 0 Å². The van der Waals surface area contributed by atoms with Crippen LogP contribution < -0.4 is 16.0 Å². The fraction of sp³-hybridized carbons (Fsp3) is 0.619. The average molecular weight is 571 g/mol.